The van der Waals surface area contributed by atoms with E-state index < -0.39 is 0 Å². The zero-order chi connectivity index (χ0) is 7.68. The third-order valence-corrected chi connectivity index (χ3v) is 3.36. The van der Waals surface area contributed by atoms with Gasteiger partial charge in [0, 0.05) is 11.0 Å². The second-order valence-corrected chi connectivity index (χ2v) is 4.52. The molecule has 0 nitrogen and oxygen atoms in total. The van der Waals surface area contributed by atoms with E-state index >= 15 is 0 Å². The van der Waals surface area contributed by atoms with Crippen LogP contribution in [-0.4, -0.2) is 5.25 Å². The zero-order valence-corrected chi connectivity index (χ0v) is 7.53. The molecule has 0 aliphatic carbocycles. The lowest BCUT2D eigenvalue weighted by atomic mass is 10.0. The fourth-order valence-electron chi connectivity index (χ4n) is 1.50. The summed E-state index contributed by atoms with van der Waals surface area (Å²) in [7, 11) is 0. The summed E-state index contributed by atoms with van der Waals surface area (Å²) < 4.78 is 0. The van der Waals surface area contributed by atoms with Gasteiger partial charge in [0.2, 0.25) is 0 Å². The van der Waals surface area contributed by atoms with Gasteiger partial charge in [-0.1, -0.05) is 31.2 Å². The van der Waals surface area contributed by atoms with Crippen LogP contribution in [0.15, 0.2) is 24.3 Å². The molecule has 1 heteroatoms. The summed E-state index contributed by atoms with van der Waals surface area (Å²) in [5.74, 6) is 1.21. The highest BCUT2D eigenvalue weighted by Crippen LogP contribution is 2.29. The molecule has 1 aromatic rings. The highest BCUT2D eigenvalue weighted by molar-refractivity contribution is 7.99. The van der Waals surface area contributed by atoms with Crippen molar-refractivity contribution in [3.63, 3.8) is 0 Å². The lowest BCUT2D eigenvalue weighted by Crippen LogP contribution is -2.09. The minimum atomic E-state index is 0.810. The first-order chi connectivity index (χ1) is 5.36. The molecule has 0 saturated heterocycles. The molecule has 1 atom stereocenters. The Morgan fingerprint density at radius 1 is 1.27 bits per heavy atom. The third kappa shape index (κ3) is 1.43. The van der Waals surface area contributed by atoms with E-state index in [0.29, 0.717) is 0 Å². The summed E-state index contributed by atoms with van der Waals surface area (Å²) in [5.41, 5.74) is 3.09. The van der Waals surface area contributed by atoms with Crippen molar-refractivity contribution in [3.8, 4) is 0 Å². The molecule has 11 heavy (non-hydrogen) atoms. The van der Waals surface area contributed by atoms with Crippen LogP contribution in [0.5, 0.6) is 0 Å². The van der Waals surface area contributed by atoms with E-state index in [1.54, 1.807) is 5.56 Å². The van der Waals surface area contributed by atoms with Crippen molar-refractivity contribution >= 4 is 11.8 Å². The lowest BCUT2D eigenvalue weighted by Gasteiger charge is -2.20. The zero-order valence-electron chi connectivity index (χ0n) is 6.71. The first kappa shape index (κ1) is 7.23. The first-order valence-electron chi connectivity index (χ1n) is 4.04. The largest absolute Gasteiger partial charge is 0.154 e. The van der Waals surface area contributed by atoms with Gasteiger partial charge in [0.05, 0.1) is 0 Å². The van der Waals surface area contributed by atoms with Crippen molar-refractivity contribution in [2.75, 3.05) is 0 Å². The maximum Gasteiger partial charge on any atom is 0.0190 e. The second kappa shape index (κ2) is 2.90. The smallest absolute Gasteiger partial charge is 0.0190 e. The summed E-state index contributed by atoms with van der Waals surface area (Å²) in [6.45, 7) is 2.31. The number of hydrogen-bond donors (Lipinski definition) is 0. The molecule has 58 valence electrons. The molecule has 2 rings (SSSR count). The molecule has 0 bridgehead atoms. The number of rotatable bonds is 0. The topological polar surface area (TPSA) is 0 Å². The number of thioether (sulfide) groups is 1. The second-order valence-electron chi connectivity index (χ2n) is 3.09. The Labute approximate surface area is 72.0 Å². The van der Waals surface area contributed by atoms with Gasteiger partial charge in [0.1, 0.15) is 0 Å². The van der Waals surface area contributed by atoms with Crippen molar-refractivity contribution in [1.82, 2.24) is 0 Å². The Morgan fingerprint density at radius 3 is 2.82 bits per heavy atom. The van der Waals surface area contributed by atoms with Crippen molar-refractivity contribution in [3.05, 3.63) is 35.4 Å². The van der Waals surface area contributed by atoms with E-state index in [9.17, 15) is 0 Å². The van der Waals surface area contributed by atoms with Crippen LogP contribution < -0.4 is 0 Å². The van der Waals surface area contributed by atoms with Crippen LogP contribution in [0.25, 0.3) is 0 Å². The Kier molecular flexibility index (Phi) is 1.91. The standard InChI is InChI=1S/C10H12S/c1-8-6-9-4-2-3-5-10(9)7-11-8/h2-5,8H,6-7H2,1H3. The number of benzene rings is 1. The van der Waals surface area contributed by atoms with E-state index in [4.69, 9.17) is 0 Å². The normalized spacial score (nSPS) is 22.8. The molecular weight excluding hydrogens is 152 g/mol. The van der Waals surface area contributed by atoms with Gasteiger partial charge in [-0.05, 0) is 17.5 Å². The molecule has 1 aliphatic heterocycles. The molecule has 1 aromatic carbocycles. The van der Waals surface area contributed by atoms with Gasteiger partial charge in [-0.25, -0.2) is 0 Å². The van der Waals surface area contributed by atoms with Gasteiger partial charge in [0.25, 0.3) is 0 Å². The third-order valence-electron chi connectivity index (χ3n) is 2.15. The predicted molar refractivity (Wildman–Crippen MR) is 50.9 cm³/mol. The van der Waals surface area contributed by atoms with Crippen molar-refractivity contribution < 1.29 is 0 Å². The van der Waals surface area contributed by atoms with E-state index in [1.165, 1.54) is 17.7 Å². The first-order valence-corrected chi connectivity index (χ1v) is 5.09. The van der Waals surface area contributed by atoms with Crippen LogP contribution in [0.3, 0.4) is 0 Å². The summed E-state index contributed by atoms with van der Waals surface area (Å²) in [6, 6.07) is 8.77. The molecule has 0 aromatic heterocycles. The molecule has 0 N–H and O–H groups in total. The summed E-state index contributed by atoms with van der Waals surface area (Å²) in [4.78, 5) is 0. The molecule has 0 amide bonds. The molecule has 1 aliphatic rings. The molecule has 1 heterocycles. The van der Waals surface area contributed by atoms with Gasteiger partial charge >= 0.3 is 0 Å². The molecule has 0 saturated carbocycles. The lowest BCUT2D eigenvalue weighted by molar-refractivity contribution is 0.910. The molecule has 0 radical (unpaired) electrons. The molecule has 0 fully saturated rings. The van der Waals surface area contributed by atoms with Crippen LogP contribution in [0.4, 0.5) is 0 Å². The van der Waals surface area contributed by atoms with E-state index in [-0.39, 0.29) is 0 Å². The van der Waals surface area contributed by atoms with Crippen LogP contribution in [0.2, 0.25) is 0 Å². The summed E-state index contributed by atoms with van der Waals surface area (Å²) in [6.07, 6.45) is 1.25. The van der Waals surface area contributed by atoms with E-state index in [2.05, 4.69) is 43.0 Å². The van der Waals surface area contributed by atoms with Gasteiger partial charge in [-0.2, -0.15) is 11.8 Å². The molecule has 1 unspecified atom stereocenters. The summed E-state index contributed by atoms with van der Waals surface area (Å²) in [5, 5.41) is 0.810. The van der Waals surface area contributed by atoms with E-state index in [1.807, 2.05) is 0 Å². The monoisotopic (exact) mass is 164 g/mol. The van der Waals surface area contributed by atoms with Crippen molar-refractivity contribution in [1.29, 1.82) is 0 Å². The van der Waals surface area contributed by atoms with Gasteiger partial charge in [-0.3, -0.25) is 0 Å². The Morgan fingerprint density at radius 2 is 2.00 bits per heavy atom. The summed E-state index contributed by atoms with van der Waals surface area (Å²) >= 11 is 2.06. The number of fused-ring (bicyclic) bond motifs is 1. The Hall–Kier alpha value is -0.430. The fourth-order valence-corrected chi connectivity index (χ4v) is 2.54. The molecular formula is C10H12S. The molecule has 0 spiro atoms. The fraction of sp³-hybridized carbons (Fsp3) is 0.400. The van der Waals surface area contributed by atoms with Gasteiger partial charge in [0.15, 0.2) is 0 Å². The maximum absolute atomic E-state index is 2.31. The minimum Gasteiger partial charge on any atom is -0.154 e. The van der Waals surface area contributed by atoms with Crippen LogP contribution in [-0.2, 0) is 12.2 Å². The quantitative estimate of drug-likeness (QED) is 0.568. The average Bonchev–Trinajstić information content (AvgIpc) is 2.04. The van der Waals surface area contributed by atoms with Gasteiger partial charge < -0.3 is 0 Å². The Bertz CT molecular complexity index is 255. The maximum atomic E-state index is 2.31. The predicted octanol–water partition coefficient (Wildman–Crippen LogP) is 2.86. The SMILES string of the molecule is CC1Cc2ccccc2CS1. The van der Waals surface area contributed by atoms with Crippen molar-refractivity contribution in [2.24, 2.45) is 0 Å². The van der Waals surface area contributed by atoms with Crippen molar-refractivity contribution in [2.45, 2.75) is 24.3 Å². The van der Waals surface area contributed by atoms with Crippen LogP contribution in [0.1, 0.15) is 18.1 Å². The van der Waals surface area contributed by atoms with E-state index in [0.717, 1.165) is 5.25 Å². The average molecular weight is 164 g/mol. The van der Waals surface area contributed by atoms with Crippen LogP contribution >= 0.6 is 11.8 Å². The van der Waals surface area contributed by atoms with Crippen LogP contribution in [0, 0.1) is 0 Å². The number of hydrogen-bond acceptors (Lipinski definition) is 1. The highest BCUT2D eigenvalue weighted by atomic mass is 32.2. The Balaban J connectivity index is 2.34. The van der Waals surface area contributed by atoms with Gasteiger partial charge in [-0.15, -0.1) is 0 Å². The minimum absolute atomic E-state index is 0.810. The highest BCUT2D eigenvalue weighted by Gasteiger charge is 2.13.